The summed E-state index contributed by atoms with van der Waals surface area (Å²) in [5.41, 5.74) is 8.62. The highest BCUT2D eigenvalue weighted by Crippen LogP contribution is 2.37. The van der Waals surface area contributed by atoms with Crippen molar-refractivity contribution >= 4 is 55.7 Å². The SMILES string of the molecule is N[C@H](Cc1oc2c(NCc3cccs3)cc(Cl)nc2c1Br)[C@@H]1CCOC1. The number of fused-ring (bicyclic) bond motifs is 1. The van der Waals surface area contributed by atoms with E-state index in [4.69, 9.17) is 26.5 Å². The number of halogens is 2. The summed E-state index contributed by atoms with van der Waals surface area (Å²) < 4.78 is 12.4. The van der Waals surface area contributed by atoms with Crippen molar-refractivity contribution in [1.29, 1.82) is 0 Å². The molecule has 1 saturated heterocycles. The molecule has 3 aromatic heterocycles. The van der Waals surface area contributed by atoms with Crippen molar-refractivity contribution < 1.29 is 9.15 Å². The van der Waals surface area contributed by atoms with Crippen LogP contribution in [0.15, 0.2) is 32.5 Å². The Bertz CT molecular complexity index is 894. The summed E-state index contributed by atoms with van der Waals surface area (Å²) in [4.78, 5) is 5.66. The fourth-order valence-corrected chi connectivity index (χ4v) is 4.53. The van der Waals surface area contributed by atoms with Crippen molar-refractivity contribution in [3.63, 3.8) is 0 Å². The lowest BCUT2D eigenvalue weighted by atomic mass is 9.96. The van der Waals surface area contributed by atoms with Gasteiger partial charge in [-0.25, -0.2) is 4.98 Å². The molecule has 0 aliphatic carbocycles. The van der Waals surface area contributed by atoms with E-state index in [1.165, 1.54) is 4.88 Å². The van der Waals surface area contributed by atoms with E-state index in [0.29, 0.717) is 29.6 Å². The second-order valence-electron chi connectivity index (χ2n) is 6.43. The third-order valence-electron chi connectivity index (χ3n) is 4.64. The first-order valence-electron chi connectivity index (χ1n) is 8.49. The van der Waals surface area contributed by atoms with Crippen LogP contribution in [-0.2, 0) is 17.7 Å². The van der Waals surface area contributed by atoms with Crippen LogP contribution in [0, 0.1) is 5.92 Å². The van der Waals surface area contributed by atoms with Crippen LogP contribution in [0.2, 0.25) is 5.15 Å². The van der Waals surface area contributed by atoms with Gasteiger partial charge in [-0.3, -0.25) is 0 Å². The number of rotatable bonds is 6. The van der Waals surface area contributed by atoms with Gasteiger partial charge in [0.05, 0.1) is 16.8 Å². The molecular formula is C18H19BrClN3O2S. The Kier molecular flexibility index (Phi) is 5.52. The fourth-order valence-electron chi connectivity index (χ4n) is 3.18. The van der Waals surface area contributed by atoms with Gasteiger partial charge < -0.3 is 20.2 Å². The molecular weight excluding hydrogens is 438 g/mol. The number of anilines is 1. The first-order chi connectivity index (χ1) is 12.6. The van der Waals surface area contributed by atoms with Crippen LogP contribution < -0.4 is 11.1 Å². The van der Waals surface area contributed by atoms with Gasteiger partial charge >= 0.3 is 0 Å². The Hall–Kier alpha value is -1.12. The highest BCUT2D eigenvalue weighted by atomic mass is 79.9. The van der Waals surface area contributed by atoms with Gasteiger partial charge in [-0.05, 0) is 39.7 Å². The number of nitrogens with one attached hydrogen (secondary N) is 1. The van der Waals surface area contributed by atoms with Crippen molar-refractivity contribution in [3.05, 3.63) is 43.8 Å². The van der Waals surface area contributed by atoms with E-state index in [1.807, 2.05) is 6.07 Å². The van der Waals surface area contributed by atoms with Crippen molar-refractivity contribution in [3.8, 4) is 0 Å². The highest BCUT2D eigenvalue weighted by Gasteiger charge is 2.26. The minimum atomic E-state index is -0.00707. The zero-order valence-corrected chi connectivity index (χ0v) is 17.2. The zero-order valence-electron chi connectivity index (χ0n) is 14.0. The van der Waals surface area contributed by atoms with Crippen molar-refractivity contribution in [1.82, 2.24) is 4.98 Å². The molecule has 0 radical (unpaired) electrons. The zero-order chi connectivity index (χ0) is 18.1. The van der Waals surface area contributed by atoms with Gasteiger partial charge in [0.2, 0.25) is 0 Å². The summed E-state index contributed by atoms with van der Waals surface area (Å²) in [6, 6.07) is 5.91. The third kappa shape index (κ3) is 3.77. The maximum absolute atomic E-state index is 6.37. The summed E-state index contributed by atoms with van der Waals surface area (Å²) >= 11 is 11.5. The van der Waals surface area contributed by atoms with Crippen LogP contribution in [0.1, 0.15) is 17.1 Å². The van der Waals surface area contributed by atoms with Gasteiger partial charge in [0, 0.05) is 36.6 Å². The lowest BCUT2D eigenvalue weighted by Gasteiger charge is -2.16. The van der Waals surface area contributed by atoms with E-state index in [0.717, 1.165) is 41.1 Å². The molecule has 2 atom stereocenters. The number of nitrogens with zero attached hydrogens (tertiary/aromatic N) is 1. The van der Waals surface area contributed by atoms with Gasteiger partial charge in [0.15, 0.2) is 5.58 Å². The van der Waals surface area contributed by atoms with E-state index in [1.54, 1.807) is 17.4 Å². The number of pyridine rings is 1. The molecule has 4 heterocycles. The van der Waals surface area contributed by atoms with E-state index < -0.39 is 0 Å². The monoisotopic (exact) mass is 455 g/mol. The first kappa shape index (κ1) is 18.3. The molecule has 3 aromatic rings. The Labute approximate surface area is 169 Å². The van der Waals surface area contributed by atoms with Crippen LogP contribution >= 0.6 is 38.9 Å². The van der Waals surface area contributed by atoms with Crippen LogP contribution in [-0.4, -0.2) is 24.2 Å². The number of aromatic nitrogens is 1. The Balaban J connectivity index is 1.61. The Morgan fingerprint density at radius 3 is 3.12 bits per heavy atom. The largest absolute Gasteiger partial charge is 0.456 e. The molecule has 4 rings (SSSR count). The molecule has 0 unspecified atom stereocenters. The molecule has 1 fully saturated rings. The summed E-state index contributed by atoms with van der Waals surface area (Å²) in [7, 11) is 0. The number of thiophene rings is 1. The summed E-state index contributed by atoms with van der Waals surface area (Å²) in [6.07, 6.45) is 1.63. The van der Waals surface area contributed by atoms with E-state index in [9.17, 15) is 0 Å². The van der Waals surface area contributed by atoms with Crippen LogP contribution in [0.5, 0.6) is 0 Å². The average Bonchev–Trinajstić information content (AvgIpc) is 3.36. The molecule has 1 aliphatic rings. The van der Waals surface area contributed by atoms with Gasteiger partial charge in [-0.15, -0.1) is 11.3 Å². The highest BCUT2D eigenvalue weighted by molar-refractivity contribution is 9.10. The summed E-state index contributed by atoms with van der Waals surface area (Å²) in [5.74, 6) is 1.16. The van der Waals surface area contributed by atoms with Gasteiger partial charge in [0.25, 0.3) is 0 Å². The normalized spacial score (nSPS) is 18.5. The number of furan rings is 1. The second-order valence-corrected chi connectivity index (χ2v) is 8.65. The number of ether oxygens (including phenoxy) is 1. The van der Waals surface area contributed by atoms with Crippen LogP contribution in [0.4, 0.5) is 5.69 Å². The maximum atomic E-state index is 6.37. The molecule has 0 bridgehead atoms. The average molecular weight is 457 g/mol. The minimum absolute atomic E-state index is 0.00707. The van der Waals surface area contributed by atoms with Gasteiger partial charge in [-0.1, -0.05) is 17.7 Å². The molecule has 0 spiro atoms. The van der Waals surface area contributed by atoms with Crippen molar-refractivity contribution in [2.45, 2.75) is 25.4 Å². The lowest BCUT2D eigenvalue weighted by Crippen LogP contribution is -2.32. The minimum Gasteiger partial charge on any atom is -0.456 e. The molecule has 0 saturated carbocycles. The topological polar surface area (TPSA) is 73.3 Å². The fraction of sp³-hybridized carbons (Fsp3) is 0.389. The predicted octanol–water partition coefficient (Wildman–Crippen LogP) is 4.82. The number of hydrogen-bond donors (Lipinski definition) is 2. The molecule has 26 heavy (non-hydrogen) atoms. The quantitative estimate of drug-likeness (QED) is 0.520. The molecule has 5 nitrogen and oxygen atoms in total. The molecule has 1 aliphatic heterocycles. The van der Waals surface area contributed by atoms with E-state index in [2.05, 4.69) is 37.7 Å². The van der Waals surface area contributed by atoms with Gasteiger partial charge in [0.1, 0.15) is 16.4 Å². The van der Waals surface area contributed by atoms with Crippen LogP contribution in [0.25, 0.3) is 11.1 Å². The Morgan fingerprint density at radius 2 is 2.38 bits per heavy atom. The third-order valence-corrected chi connectivity index (χ3v) is 6.53. The second kappa shape index (κ2) is 7.86. The molecule has 138 valence electrons. The molecule has 3 N–H and O–H groups in total. The lowest BCUT2D eigenvalue weighted by molar-refractivity contribution is 0.180. The van der Waals surface area contributed by atoms with E-state index >= 15 is 0 Å². The predicted molar refractivity (Wildman–Crippen MR) is 109 cm³/mol. The van der Waals surface area contributed by atoms with Gasteiger partial charge in [-0.2, -0.15) is 0 Å². The maximum Gasteiger partial charge on any atom is 0.177 e. The molecule has 8 heteroatoms. The number of nitrogens with two attached hydrogens (primary N) is 1. The van der Waals surface area contributed by atoms with Crippen LogP contribution in [0.3, 0.4) is 0 Å². The standard InChI is InChI=1S/C18H19BrClN3O2S/c19-16-14(6-12(21)10-3-4-24-9-10)25-18-13(7-15(20)23-17(16)18)22-8-11-2-1-5-26-11/h1-2,5,7,10,12H,3-4,6,8-9,21H2,(H,22,23)/t10-,12-/m1/s1. The molecule has 0 aromatic carbocycles. The summed E-state index contributed by atoms with van der Waals surface area (Å²) in [6.45, 7) is 2.21. The van der Waals surface area contributed by atoms with Crippen molar-refractivity contribution in [2.75, 3.05) is 18.5 Å². The van der Waals surface area contributed by atoms with Crippen molar-refractivity contribution in [2.24, 2.45) is 11.7 Å². The van der Waals surface area contributed by atoms with E-state index in [-0.39, 0.29) is 6.04 Å². The summed E-state index contributed by atoms with van der Waals surface area (Å²) in [5, 5.41) is 5.88. The first-order valence-corrected chi connectivity index (χ1v) is 10.5. The Morgan fingerprint density at radius 1 is 1.50 bits per heavy atom. The smallest absolute Gasteiger partial charge is 0.177 e. The molecule has 0 amide bonds. The number of hydrogen-bond acceptors (Lipinski definition) is 6.